The molecule has 0 saturated carbocycles. The Bertz CT molecular complexity index is 505. The van der Waals surface area contributed by atoms with Crippen LogP contribution < -0.4 is 11.4 Å². The van der Waals surface area contributed by atoms with E-state index >= 15 is 0 Å². The molecule has 2 heterocycles. The number of aliphatic hydroxyl groups excluding tert-OH is 2. The molecule has 0 amide bonds. The number of anilines is 1. The molecule has 1 aliphatic rings. The molecule has 0 radical (unpaired) electrons. The molecule has 1 aliphatic heterocycles. The number of aliphatic hydroxyl groups is 3. The number of aromatic nitrogens is 2. The second-order valence-electron chi connectivity index (χ2n) is 3.92. The number of halogens is 1. The molecule has 0 unspecified atom stereocenters. The number of hydrogen-bond acceptors (Lipinski definition) is 7. The Morgan fingerprint density at radius 3 is 2.83 bits per heavy atom. The molecule has 8 nitrogen and oxygen atoms in total. The fraction of sp³-hybridized carbons (Fsp3) is 0.556. The third-order valence-electron chi connectivity index (χ3n) is 2.70. The van der Waals surface area contributed by atoms with E-state index in [4.69, 9.17) is 15.6 Å². The molecule has 0 aromatic carbocycles. The van der Waals surface area contributed by atoms with E-state index in [1.165, 1.54) is 6.07 Å². The Morgan fingerprint density at radius 1 is 1.67 bits per heavy atom. The van der Waals surface area contributed by atoms with Gasteiger partial charge in [-0.15, -0.1) is 0 Å². The van der Waals surface area contributed by atoms with E-state index in [-0.39, 0.29) is 5.82 Å². The van der Waals surface area contributed by atoms with Crippen molar-refractivity contribution in [1.29, 1.82) is 0 Å². The van der Waals surface area contributed by atoms with E-state index in [1.807, 2.05) is 0 Å². The summed E-state index contributed by atoms with van der Waals surface area (Å²) in [5.41, 5.74) is 4.32. The second kappa shape index (κ2) is 4.28. The van der Waals surface area contributed by atoms with E-state index < -0.39 is 36.6 Å². The summed E-state index contributed by atoms with van der Waals surface area (Å²) < 4.78 is 19.5. The van der Waals surface area contributed by atoms with Gasteiger partial charge in [0.2, 0.25) is 0 Å². The normalized spacial score (nSPS) is 35.9. The minimum Gasteiger partial charge on any atom is -0.394 e. The fourth-order valence-electron chi connectivity index (χ4n) is 1.75. The Balaban J connectivity index is 2.42. The maximum atomic E-state index is 13.9. The summed E-state index contributed by atoms with van der Waals surface area (Å²) in [7, 11) is 0. The van der Waals surface area contributed by atoms with E-state index in [0.717, 1.165) is 6.20 Å². The van der Waals surface area contributed by atoms with Gasteiger partial charge in [0.1, 0.15) is 18.0 Å². The average Bonchev–Trinajstić information content (AvgIpc) is 2.52. The van der Waals surface area contributed by atoms with Gasteiger partial charge in [-0.25, -0.2) is 9.18 Å². The molecule has 1 fully saturated rings. The summed E-state index contributed by atoms with van der Waals surface area (Å²) in [6.07, 6.45) is -4.04. The lowest BCUT2D eigenvalue weighted by Crippen LogP contribution is -2.45. The first-order chi connectivity index (χ1) is 8.37. The molecule has 1 aromatic rings. The van der Waals surface area contributed by atoms with Crippen molar-refractivity contribution in [2.24, 2.45) is 0 Å². The molecule has 1 saturated heterocycles. The van der Waals surface area contributed by atoms with Crippen LogP contribution in [-0.4, -0.2) is 49.5 Å². The van der Waals surface area contributed by atoms with Gasteiger partial charge >= 0.3 is 5.69 Å². The molecule has 1 aromatic heterocycles. The van der Waals surface area contributed by atoms with Crippen LogP contribution in [-0.2, 0) is 4.74 Å². The maximum absolute atomic E-state index is 13.9. The van der Waals surface area contributed by atoms with Crippen LogP contribution in [0.5, 0.6) is 0 Å². The lowest BCUT2D eigenvalue weighted by molar-refractivity contribution is -0.196. The summed E-state index contributed by atoms with van der Waals surface area (Å²) in [6.45, 7) is -0.707. The zero-order chi connectivity index (χ0) is 13.5. The number of alkyl halides is 1. The van der Waals surface area contributed by atoms with Crippen LogP contribution in [0.1, 0.15) is 6.23 Å². The van der Waals surface area contributed by atoms with Crippen LogP contribution in [0.15, 0.2) is 17.1 Å². The lowest BCUT2D eigenvalue weighted by Gasteiger charge is -2.23. The summed E-state index contributed by atoms with van der Waals surface area (Å²) in [6, 6.07) is 1.21. The Hall–Kier alpha value is -1.55. The van der Waals surface area contributed by atoms with Crippen LogP contribution in [0.2, 0.25) is 0 Å². The Morgan fingerprint density at radius 2 is 2.33 bits per heavy atom. The number of nitrogens with zero attached hydrogens (tertiary/aromatic N) is 2. The van der Waals surface area contributed by atoms with Crippen molar-refractivity contribution < 1.29 is 24.4 Å². The van der Waals surface area contributed by atoms with E-state index in [1.54, 1.807) is 0 Å². The topological polar surface area (TPSA) is 131 Å². The third kappa shape index (κ3) is 1.86. The zero-order valence-corrected chi connectivity index (χ0v) is 9.10. The first-order valence-electron chi connectivity index (χ1n) is 5.08. The van der Waals surface area contributed by atoms with Gasteiger partial charge < -0.3 is 25.8 Å². The molecule has 2 rings (SSSR count). The lowest BCUT2D eigenvalue weighted by atomic mass is 10.1. The molecular weight excluding hydrogens is 249 g/mol. The Labute approximate surface area is 100 Å². The smallest absolute Gasteiger partial charge is 0.351 e. The van der Waals surface area contributed by atoms with Gasteiger partial charge in [-0.3, -0.25) is 4.57 Å². The van der Waals surface area contributed by atoms with Gasteiger partial charge in [0.25, 0.3) is 5.85 Å². The quantitative estimate of drug-likeness (QED) is 0.472. The number of rotatable bonds is 2. The highest BCUT2D eigenvalue weighted by molar-refractivity contribution is 5.23. The van der Waals surface area contributed by atoms with Gasteiger partial charge in [-0.2, -0.15) is 4.98 Å². The van der Waals surface area contributed by atoms with Gasteiger partial charge in [0.05, 0.1) is 6.61 Å². The standard InChI is InChI=1S/C9H12FN3O5/c10-9(17)6(15)4(3-14)18-7(9)13-2-1-5(11)12-8(13)16/h1-2,4,6-7,14-15,17H,3H2,(H2,11,12,16)/t4-,6+,7-,9-/m1/s1. The van der Waals surface area contributed by atoms with Crippen molar-refractivity contribution in [2.45, 2.75) is 24.3 Å². The average molecular weight is 261 g/mol. The summed E-state index contributed by atoms with van der Waals surface area (Å²) in [4.78, 5) is 14.8. The van der Waals surface area contributed by atoms with Crippen molar-refractivity contribution >= 4 is 5.82 Å². The molecule has 100 valence electrons. The highest BCUT2D eigenvalue weighted by atomic mass is 19.2. The summed E-state index contributed by atoms with van der Waals surface area (Å²) in [5, 5.41) is 27.8. The van der Waals surface area contributed by atoms with Crippen molar-refractivity contribution in [3.8, 4) is 0 Å². The third-order valence-corrected chi connectivity index (χ3v) is 2.70. The predicted molar refractivity (Wildman–Crippen MR) is 56.0 cm³/mol. The largest absolute Gasteiger partial charge is 0.394 e. The molecule has 0 spiro atoms. The van der Waals surface area contributed by atoms with Gasteiger partial charge in [-0.1, -0.05) is 0 Å². The van der Waals surface area contributed by atoms with Crippen LogP contribution in [0.4, 0.5) is 10.2 Å². The molecule has 0 aliphatic carbocycles. The van der Waals surface area contributed by atoms with Crippen LogP contribution in [0.25, 0.3) is 0 Å². The monoisotopic (exact) mass is 261 g/mol. The summed E-state index contributed by atoms with van der Waals surface area (Å²) in [5.74, 6) is -3.29. The van der Waals surface area contributed by atoms with Crippen molar-refractivity contribution in [3.05, 3.63) is 22.7 Å². The first kappa shape index (κ1) is 12.9. The van der Waals surface area contributed by atoms with Crippen molar-refractivity contribution in [2.75, 3.05) is 12.3 Å². The summed E-state index contributed by atoms with van der Waals surface area (Å²) >= 11 is 0. The molecular formula is C9H12FN3O5. The van der Waals surface area contributed by atoms with E-state index in [9.17, 15) is 19.4 Å². The Kier molecular flexibility index (Phi) is 3.07. The zero-order valence-electron chi connectivity index (χ0n) is 9.10. The van der Waals surface area contributed by atoms with E-state index in [0.29, 0.717) is 4.57 Å². The van der Waals surface area contributed by atoms with Gasteiger partial charge in [-0.05, 0) is 6.07 Å². The molecule has 0 bridgehead atoms. The number of nitrogen functional groups attached to an aromatic ring is 1. The molecule has 18 heavy (non-hydrogen) atoms. The van der Waals surface area contributed by atoms with Crippen molar-refractivity contribution in [3.63, 3.8) is 0 Å². The first-order valence-corrected chi connectivity index (χ1v) is 5.08. The van der Waals surface area contributed by atoms with Crippen LogP contribution in [0, 0.1) is 0 Å². The number of ether oxygens (including phenoxy) is 1. The maximum Gasteiger partial charge on any atom is 0.351 e. The number of hydrogen-bond donors (Lipinski definition) is 4. The molecule has 5 N–H and O–H groups in total. The van der Waals surface area contributed by atoms with Gasteiger partial charge in [0.15, 0.2) is 6.23 Å². The minimum atomic E-state index is -3.21. The highest BCUT2D eigenvalue weighted by Gasteiger charge is 2.57. The predicted octanol–water partition coefficient (Wildman–Crippen LogP) is -2.27. The SMILES string of the molecule is Nc1ccn([C@@H]2O[C@H](CO)[C@H](O)[C@]2(O)F)c(=O)n1. The second-order valence-corrected chi connectivity index (χ2v) is 3.92. The number of nitrogens with two attached hydrogens (primary N) is 1. The van der Waals surface area contributed by atoms with Crippen LogP contribution >= 0.6 is 0 Å². The van der Waals surface area contributed by atoms with Crippen LogP contribution in [0.3, 0.4) is 0 Å². The fourth-order valence-corrected chi connectivity index (χ4v) is 1.75. The van der Waals surface area contributed by atoms with Gasteiger partial charge in [0, 0.05) is 6.20 Å². The van der Waals surface area contributed by atoms with E-state index in [2.05, 4.69) is 4.98 Å². The minimum absolute atomic E-state index is 0.0732. The van der Waals surface area contributed by atoms with Crippen molar-refractivity contribution in [1.82, 2.24) is 9.55 Å². The molecule has 4 atom stereocenters. The molecule has 9 heteroatoms. The highest BCUT2D eigenvalue weighted by Crippen LogP contribution is 2.38.